The minimum Gasteiger partial charge on any atom is -0.507 e. The molecule has 186 valence electrons. The molecule has 2 aromatic carbocycles. The van der Waals surface area contributed by atoms with E-state index in [4.69, 9.17) is 0 Å². The number of ketones is 1. The number of aliphatic hydroxyl groups is 1. The van der Waals surface area contributed by atoms with Crippen LogP contribution in [0.1, 0.15) is 37.4 Å². The summed E-state index contributed by atoms with van der Waals surface area (Å²) in [4.78, 5) is 42.5. The van der Waals surface area contributed by atoms with E-state index in [1.165, 1.54) is 29.2 Å². The van der Waals surface area contributed by atoms with Crippen LogP contribution in [0, 0.1) is 10.1 Å². The van der Waals surface area contributed by atoms with Crippen molar-refractivity contribution in [1.82, 2.24) is 9.80 Å². The van der Waals surface area contributed by atoms with Crippen LogP contribution in [-0.4, -0.2) is 71.8 Å². The number of hydrogen-bond donors (Lipinski definition) is 1. The van der Waals surface area contributed by atoms with Gasteiger partial charge in [-0.15, -0.1) is 0 Å². The highest BCUT2D eigenvalue weighted by Gasteiger charge is 2.45. The molecule has 1 aliphatic rings. The number of amides is 1. The molecule has 0 aromatic heterocycles. The van der Waals surface area contributed by atoms with Crippen molar-refractivity contribution >= 4 is 28.8 Å². The van der Waals surface area contributed by atoms with Gasteiger partial charge in [-0.25, -0.2) is 0 Å². The van der Waals surface area contributed by atoms with Gasteiger partial charge in [0.05, 0.1) is 16.5 Å². The summed E-state index contributed by atoms with van der Waals surface area (Å²) in [5, 5.41) is 22.4. The first-order valence-electron chi connectivity index (χ1n) is 11.7. The fourth-order valence-electron chi connectivity index (χ4n) is 4.39. The van der Waals surface area contributed by atoms with E-state index in [9.17, 15) is 24.8 Å². The highest BCUT2D eigenvalue weighted by atomic mass is 16.6. The number of likely N-dealkylation sites (tertiary alicyclic amines) is 1. The summed E-state index contributed by atoms with van der Waals surface area (Å²) >= 11 is 0. The van der Waals surface area contributed by atoms with Crippen LogP contribution < -0.4 is 4.90 Å². The molecule has 35 heavy (non-hydrogen) atoms. The van der Waals surface area contributed by atoms with Gasteiger partial charge in [0.1, 0.15) is 5.76 Å². The van der Waals surface area contributed by atoms with E-state index >= 15 is 0 Å². The summed E-state index contributed by atoms with van der Waals surface area (Å²) in [6.07, 6.45) is 0.644. The zero-order chi connectivity index (χ0) is 25.7. The van der Waals surface area contributed by atoms with E-state index in [-0.39, 0.29) is 16.8 Å². The molecule has 9 heteroatoms. The van der Waals surface area contributed by atoms with Crippen molar-refractivity contribution in [1.29, 1.82) is 0 Å². The van der Waals surface area contributed by atoms with Crippen LogP contribution in [0.25, 0.3) is 5.76 Å². The lowest BCUT2D eigenvalue weighted by atomic mass is 9.95. The van der Waals surface area contributed by atoms with Crippen LogP contribution in [0.5, 0.6) is 0 Å². The van der Waals surface area contributed by atoms with E-state index in [2.05, 4.69) is 18.7 Å². The quantitative estimate of drug-likeness (QED) is 0.181. The zero-order valence-electron chi connectivity index (χ0n) is 20.6. The van der Waals surface area contributed by atoms with Crippen LogP contribution in [0.2, 0.25) is 0 Å². The Kier molecular flexibility index (Phi) is 8.24. The number of Topliss-reactive ketones (excluding diaryl/α,β-unsaturated/α-hetero) is 1. The maximum atomic E-state index is 13.1. The summed E-state index contributed by atoms with van der Waals surface area (Å²) in [6.45, 7) is 6.86. The second-order valence-electron chi connectivity index (χ2n) is 8.72. The maximum absolute atomic E-state index is 13.1. The number of aliphatic hydroxyl groups excluding tert-OH is 1. The van der Waals surface area contributed by atoms with Crippen LogP contribution >= 0.6 is 0 Å². The Morgan fingerprint density at radius 2 is 1.74 bits per heavy atom. The molecule has 1 heterocycles. The maximum Gasteiger partial charge on any atom is 0.295 e. The van der Waals surface area contributed by atoms with Crippen LogP contribution in [-0.2, 0) is 9.59 Å². The van der Waals surface area contributed by atoms with Crippen molar-refractivity contribution in [3.63, 3.8) is 0 Å². The Morgan fingerprint density at radius 1 is 1.09 bits per heavy atom. The molecule has 1 aliphatic heterocycles. The van der Waals surface area contributed by atoms with E-state index in [1.807, 2.05) is 43.3 Å². The molecule has 1 saturated heterocycles. The first-order chi connectivity index (χ1) is 16.7. The first kappa shape index (κ1) is 25.9. The average Bonchev–Trinajstić information content (AvgIpc) is 3.09. The second kappa shape index (κ2) is 11.1. The number of benzene rings is 2. The minimum atomic E-state index is -0.795. The Bertz CT molecular complexity index is 1120. The molecule has 1 fully saturated rings. The zero-order valence-corrected chi connectivity index (χ0v) is 20.6. The number of rotatable bonds is 10. The topological polar surface area (TPSA) is 107 Å². The fraction of sp³-hybridized carbons (Fsp3) is 0.385. The third-order valence-electron chi connectivity index (χ3n) is 6.21. The number of nitro benzene ring substituents is 1. The molecular weight excluding hydrogens is 448 g/mol. The predicted octanol–water partition coefficient (Wildman–Crippen LogP) is 3.81. The third kappa shape index (κ3) is 5.51. The normalized spacial score (nSPS) is 17.3. The molecule has 0 radical (unpaired) electrons. The Labute approximate surface area is 205 Å². The first-order valence-corrected chi connectivity index (χ1v) is 11.7. The SMILES string of the molecule is CCN(CC)c1ccc(C2/C(=C(/O)c3cccc([N+](=O)[O-])c3)C(=O)C(=O)N2CCCN(C)C)cc1. The smallest absolute Gasteiger partial charge is 0.295 e. The van der Waals surface area contributed by atoms with Crippen molar-refractivity contribution in [2.75, 3.05) is 45.2 Å². The number of nitrogens with zero attached hydrogens (tertiary/aromatic N) is 4. The highest BCUT2D eigenvalue weighted by Crippen LogP contribution is 2.40. The van der Waals surface area contributed by atoms with Gasteiger partial charge in [-0.3, -0.25) is 19.7 Å². The van der Waals surface area contributed by atoms with Gasteiger partial charge >= 0.3 is 0 Å². The number of carbonyl (C=O) groups excluding carboxylic acids is 2. The molecule has 9 nitrogen and oxygen atoms in total. The van der Waals surface area contributed by atoms with E-state index in [1.54, 1.807) is 0 Å². The lowest BCUT2D eigenvalue weighted by Gasteiger charge is -2.27. The predicted molar refractivity (Wildman–Crippen MR) is 135 cm³/mol. The monoisotopic (exact) mass is 480 g/mol. The summed E-state index contributed by atoms with van der Waals surface area (Å²) in [7, 11) is 3.86. The fourth-order valence-corrected chi connectivity index (χ4v) is 4.39. The summed E-state index contributed by atoms with van der Waals surface area (Å²) in [5.41, 5.74) is 1.56. The number of nitro groups is 1. The van der Waals surface area contributed by atoms with Crippen LogP contribution in [0.4, 0.5) is 11.4 Å². The van der Waals surface area contributed by atoms with Gasteiger partial charge in [0.25, 0.3) is 17.4 Å². The second-order valence-corrected chi connectivity index (χ2v) is 8.72. The van der Waals surface area contributed by atoms with Gasteiger partial charge in [-0.1, -0.05) is 24.3 Å². The molecule has 1 N–H and O–H groups in total. The Morgan fingerprint density at radius 3 is 2.31 bits per heavy atom. The van der Waals surface area contributed by atoms with Gasteiger partial charge in [0.15, 0.2) is 0 Å². The number of hydrogen-bond acceptors (Lipinski definition) is 7. The van der Waals surface area contributed by atoms with E-state index in [0.29, 0.717) is 18.5 Å². The van der Waals surface area contributed by atoms with Crippen LogP contribution in [0.3, 0.4) is 0 Å². The number of carbonyl (C=O) groups is 2. The van der Waals surface area contributed by atoms with Gasteiger partial charge in [0.2, 0.25) is 0 Å². The van der Waals surface area contributed by atoms with Crippen molar-refractivity contribution in [2.45, 2.75) is 26.3 Å². The molecule has 3 rings (SSSR count). The highest BCUT2D eigenvalue weighted by molar-refractivity contribution is 6.46. The van der Waals surface area contributed by atoms with Gasteiger partial charge in [-0.05, 0) is 58.6 Å². The molecule has 0 bridgehead atoms. The largest absolute Gasteiger partial charge is 0.507 e. The lowest BCUT2D eigenvalue weighted by Crippen LogP contribution is -2.32. The molecule has 1 amide bonds. The molecule has 0 aliphatic carbocycles. The molecule has 0 spiro atoms. The standard InChI is InChI=1S/C26H32N4O5/c1-5-28(6-2)20-13-11-18(12-14-20)23-22(24(31)19-9-7-10-21(17-19)30(34)35)25(32)26(33)29(23)16-8-15-27(3)4/h7,9-14,17,23,31H,5-6,8,15-16H2,1-4H3/b24-22-. The molecular formula is C26H32N4O5. The third-order valence-corrected chi connectivity index (χ3v) is 6.21. The number of non-ortho nitro benzene ring substituents is 1. The molecule has 1 atom stereocenters. The van der Waals surface area contributed by atoms with Crippen molar-refractivity contribution in [3.05, 3.63) is 75.3 Å². The van der Waals surface area contributed by atoms with Crippen molar-refractivity contribution in [2.24, 2.45) is 0 Å². The summed E-state index contributed by atoms with van der Waals surface area (Å²) < 4.78 is 0. The van der Waals surface area contributed by atoms with Gasteiger partial charge in [0, 0.05) is 43.0 Å². The van der Waals surface area contributed by atoms with Gasteiger partial charge < -0.3 is 19.8 Å². The Balaban J connectivity index is 2.11. The van der Waals surface area contributed by atoms with Crippen molar-refractivity contribution < 1.29 is 19.6 Å². The molecule has 0 saturated carbocycles. The van der Waals surface area contributed by atoms with E-state index in [0.717, 1.165) is 25.3 Å². The number of anilines is 1. The lowest BCUT2D eigenvalue weighted by molar-refractivity contribution is -0.384. The minimum absolute atomic E-state index is 0.0593. The van der Waals surface area contributed by atoms with Gasteiger partial charge in [-0.2, -0.15) is 0 Å². The Hall–Kier alpha value is -3.72. The summed E-state index contributed by atoms with van der Waals surface area (Å²) in [6, 6.07) is 12.3. The van der Waals surface area contributed by atoms with Crippen LogP contribution in [0.15, 0.2) is 54.1 Å². The summed E-state index contributed by atoms with van der Waals surface area (Å²) in [5.74, 6) is -1.90. The van der Waals surface area contributed by atoms with E-state index < -0.39 is 28.4 Å². The molecule has 1 unspecified atom stereocenters. The molecule has 2 aromatic rings. The average molecular weight is 481 g/mol. The van der Waals surface area contributed by atoms with Crippen molar-refractivity contribution in [3.8, 4) is 0 Å².